The third-order valence-corrected chi connectivity index (χ3v) is 4.07. The Hall–Kier alpha value is -2.29. The normalized spacial score (nSPS) is 13.2. The fraction of sp³-hybridized carbons (Fsp3) is 0.278. The van der Waals surface area contributed by atoms with Gasteiger partial charge in [0.15, 0.2) is 0 Å². The van der Waals surface area contributed by atoms with E-state index >= 15 is 0 Å². The lowest BCUT2D eigenvalue weighted by atomic mass is 10.00. The number of benzene rings is 2. The van der Waals surface area contributed by atoms with Gasteiger partial charge in [0.05, 0.1) is 0 Å². The number of aryl methyl sites for hydroxylation is 2. The molecule has 108 valence electrons. The average Bonchev–Trinajstić information content (AvgIpc) is 2.53. The van der Waals surface area contributed by atoms with Gasteiger partial charge in [-0.05, 0) is 55.2 Å². The van der Waals surface area contributed by atoms with Crippen LogP contribution in [0.2, 0.25) is 0 Å². The minimum absolute atomic E-state index is 0.0395. The van der Waals surface area contributed by atoms with E-state index in [1.165, 1.54) is 5.56 Å². The summed E-state index contributed by atoms with van der Waals surface area (Å²) in [5, 5.41) is 3.37. The summed E-state index contributed by atoms with van der Waals surface area (Å²) in [4.78, 5) is 14.4. The zero-order chi connectivity index (χ0) is 14.8. The number of hydrogen-bond donors (Lipinski definition) is 1. The summed E-state index contributed by atoms with van der Waals surface area (Å²) in [6, 6.07) is 13.9. The van der Waals surface area contributed by atoms with Crippen LogP contribution in [0, 0.1) is 6.92 Å². The number of nitrogens with zero attached hydrogens (tertiary/aromatic N) is 1. The Morgan fingerprint density at radius 1 is 1.19 bits per heavy atom. The van der Waals surface area contributed by atoms with Crippen molar-refractivity contribution in [3.8, 4) is 0 Å². The molecule has 3 nitrogen and oxygen atoms in total. The molecule has 1 amide bonds. The van der Waals surface area contributed by atoms with Crippen molar-refractivity contribution in [3.63, 3.8) is 0 Å². The van der Waals surface area contributed by atoms with Crippen LogP contribution in [-0.2, 0) is 6.42 Å². The maximum Gasteiger partial charge on any atom is 0.258 e. The zero-order valence-corrected chi connectivity index (χ0v) is 12.5. The maximum absolute atomic E-state index is 12.7. The number of amides is 1. The number of anilines is 2. The molecule has 2 aromatic carbocycles. The van der Waals surface area contributed by atoms with Crippen molar-refractivity contribution < 1.29 is 4.79 Å². The van der Waals surface area contributed by atoms with Crippen LogP contribution in [0.15, 0.2) is 42.5 Å². The van der Waals surface area contributed by atoms with Gasteiger partial charge in [-0.3, -0.25) is 4.79 Å². The number of para-hydroxylation sites is 1. The lowest BCUT2D eigenvalue weighted by Crippen LogP contribution is -2.27. The van der Waals surface area contributed by atoms with Gasteiger partial charge in [-0.2, -0.15) is 0 Å². The van der Waals surface area contributed by atoms with Crippen molar-refractivity contribution >= 4 is 17.3 Å². The molecular weight excluding hydrogens is 260 g/mol. The van der Waals surface area contributed by atoms with Gasteiger partial charge in [-0.15, -0.1) is 0 Å². The zero-order valence-electron chi connectivity index (χ0n) is 12.5. The van der Waals surface area contributed by atoms with Crippen LogP contribution < -0.4 is 10.2 Å². The van der Waals surface area contributed by atoms with Crippen LogP contribution in [0.4, 0.5) is 11.4 Å². The quantitative estimate of drug-likeness (QED) is 0.911. The molecule has 0 fully saturated rings. The first-order valence-electron chi connectivity index (χ1n) is 7.37. The van der Waals surface area contributed by atoms with Gasteiger partial charge in [-0.25, -0.2) is 0 Å². The molecule has 2 aromatic rings. The lowest BCUT2D eigenvalue weighted by Gasteiger charge is -2.22. The van der Waals surface area contributed by atoms with Gasteiger partial charge in [0.1, 0.15) is 0 Å². The highest BCUT2D eigenvalue weighted by atomic mass is 16.2. The maximum atomic E-state index is 12.7. The van der Waals surface area contributed by atoms with Gasteiger partial charge in [0.25, 0.3) is 5.91 Å². The Labute approximate surface area is 125 Å². The molecule has 0 saturated heterocycles. The van der Waals surface area contributed by atoms with Gasteiger partial charge in [0.2, 0.25) is 0 Å². The largest absolute Gasteiger partial charge is 0.385 e. The Morgan fingerprint density at radius 2 is 2.00 bits per heavy atom. The molecule has 3 heteroatoms. The van der Waals surface area contributed by atoms with E-state index in [0.29, 0.717) is 0 Å². The highest BCUT2D eigenvalue weighted by Crippen LogP contribution is 2.25. The molecule has 0 bridgehead atoms. The van der Waals surface area contributed by atoms with Crippen molar-refractivity contribution in [2.75, 3.05) is 23.8 Å². The van der Waals surface area contributed by atoms with Crippen molar-refractivity contribution in [2.24, 2.45) is 0 Å². The van der Waals surface area contributed by atoms with E-state index in [0.717, 1.165) is 41.9 Å². The van der Waals surface area contributed by atoms with Gasteiger partial charge in [0, 0.05) is 30.5 Å². The van der Waals surface area contributed by atoms with Crippen LogP contribution in [0.25, 0.3) is 0 Å². The van der Waals surface area contributed by atoms with E-state index in [-0.39, 0.29) is 5.91 Å². The SMILES string of the molecule is Cc1ccccc1N(C)C(=O)c1ccc2c(c1)CCCN2. The molecule has 1 N–H and O–H groups in total. The van der Waals surface area contributed by atoms with E-state index in [1.54, 1.807) is 4.90 Å². The fourth-order valence-electron chi connectivity index (χ4n) is 2.85. The average molecular weight is 280 g/mol. The van der Waals surface area contributed by atoms with Gasteiger partial charge < -0.3 is 10.2 Å². The predicted octanol–water partition coefficient (Wildman–Crippen LogP) is 3.63. The molecule has 0 saturated carbocycles. The minimum atomic E-state index is 0.0395. The van der Waals surface area contributed by atoms with E-state index < -0.39 is 0 Å². The standard InChI is InChI=1S/C18H20N2O/c1-13-6-3-4-8-17(13)20(2)18(21)15-9-10-16-14(12-15)7-5-11-19-16/h3-4,6,8-10,12,19H,5,7,11H2,1-2H3. The fourth-order valence-corrected chi connectivity index (χ4v) is 2.85. The summed E-state index contributed by atoms with van der Waals surface area (Å²) in [5.41, 5.74) is 5.22. The third-order valence-electron chi connectivity index (χ3n) is 4.07. The topological polar surface area (TPSA) is 32.3 Å². The predicted molar refractivity (Wildman–Crippen MR) is 87.2 cm³/mol. The molecule has 0 atom stereocenters. The number of fused-ring (bicyclic) bond motifs is 1. The molecule has 0 aliphatic carbocycles. The smallest absolute Gasteiger partial charge is 0.258 e. The summed E-state index contributed by atoms with van der Waals surface area (Å²) in [7, 11) is 1.84. The molecule has 1 aliphatic rings. The first kappa shape index (κ1) is 13.7. The summed E-state index contributed by atoms with van der Waals surface area (Å²) in [6.45, 7) is 3.04. The molecule has 3 rings (SSSR count). The van der Waals surface area contributed by atoms with Crippen molar-refractivity contribution in [1.29, 1.82) is 0 Å². The van der Waals surface area contributed by atoms with Crippen LogP contribution in [0.3, 0.4) is 0 Å². The lowest BCUT2D eigenvalue weighted by molar-refractivity contribution is 0.0993. The van der Waals surface area contributed by atoms with E-state index in [9.17, 15) is 4.79 Å². The highest BCUT2D eigenvalue weighted by Gasteiger charge is 2.17. The van der Waals surface area contributed by atoms with E-state index in [4.69, 9.17) is 0 Å². The molecule has 1 aliphatic heterocycles. The molecule has 0 radical (unpaired) electrons. The number of rotatable bonds is 2. The van der Waals surface area contributed by atoms with Gasteiger partial charge >= 0.3 is 0 Å². The Morgan fingerprint density at radius 3 is 2.81 bits per heavy atom. The Bertz CT molecular complexity index is 679. The van der Waals surface area contributed by atoms with Crippen LogP contribution in [0.5, 0.6) is 0 Å². The minimum Gasteiger partial charge on any atom is -0.385 e. The third kappa shape index (κ3) is 2.64. The second-order valence-electron chi connectivity index (χ2n) is 5.55. The van der Waals surface area contributed by atoms with Crippen LogP contribution in [-0.4, -0.2) is 19.5 Å². The Kier molecular flexibility index (Phi) is 3.65. The summed E-state index contributed by atoms with van der Waals surface area (Å²) >= 11 is 0. The van der Waals surface area contributed by atoms with Crippen LogP contribution >= 0.6 is 0 Å². The number of carbonyl (C=O) groups excluding carboxylic acids is 1. The number of nitrogens with one attached hydrogen (secondary N) is 1. The molecule has 21 heavy (non-hydrogen) atoms. The van der Waals surface area contributed by atoms with E-state index in [1.807, 2.05) is 56.4 Å². The molecular formula is C18H20N2O. The second kappa shape index (κ2) is 5.60. The molecule has 0 spiro atoms. The first-order valence-corrected chi connectivity index (χ1v) is 7.37. The van der Waals surface area contributed by atoms with E-state index in [2.05, 4.69) is 5.32 Å². The molecule has 0 aromatic heterocycles. The van der Waals surface area contributed by atoms with Crippen molar-refractivity contribution in [3.05, 3.63) is 59.2 Å². The van der Waals surface area contributed by atoms with Gasteiger partial charge in [-0.1, -0.05) is 18.2 Å². The second-order valence-corrected chi connectivity index (χ2v) is 5.55. The summed E-state index contributed by atoms with van der Waals surface area (Å²) in [5.74, 6) is 0.0395. The van der Waals surface area contributed by atoms with Crippen molar-refractivity contribution in [2.45, 2.75) is 19.8 Å². The highest BCUT2D eigenvalue weighted by molar-refractivity contribution is 6.06. The number of carbonyl (C=O) groups is 1. The number of hydrogen-bond acceptors (Lipinski definition) is 2. The molecule has 1 heterocycles. The van der Waals surface area contributed by atoms with Crippen molar-refractivity contribution in [1.82, 2.24) is 0 Å². The summed E-state index contributed by atoms with van der Waals surface area (Å²) < 4.78 is 0. The first-order chi connectivity index (χ1) is 10.2. The Balaban J connectivity index is 1.90. The molecule has 0 unspecified atom stereocenters. The van der Waals surface area contributed by atoms with Crippen LogP contribution in [0.1, 0.15) is 27.9 Å². The summed E-state index contributed by atoms with van der Waals surface area (Å²) in [6.07, 6.45) is 2.16. The monoisotopic (exact) mass is 280 g/mol.